The second-order valence-electron chi connectivity index (χ2n) is 7.37. The van der Waals surface area contributed by atoms with Crippen LogP contribution in [0.4, 0.5) is 5.69 Å². The van der Waals surface area contributed by atoms with Gasteiger partial charge < -0.3 is 14.8 Å². The molecule has 0 saturated heterocycles. The van der Waals surface area contributed by atoms with Crippen LogP contribution in [0.5, 0.6) is 11.5 Å². The molecule has 0 fully saturated rings. The predicted molar refractivity (Wildman–Crippen MR) is 137 cm³/mol. The third-order valence-electron chi connectivity index (χ3n) is 4.95. The molecule has 4 rings (SSSR count). The Bertz CT molecular complexity index is 1520. The zero-order valence-electron chi connectivity index (χ0n) is 18.6. The van der Waals surface area contributed by atoms with Gasteiger partial charge in [0.15, 0.2) is 12.4 Å². The molecule has 36 heavy (non-hydrogen) atoms. The highest BCUT2D eigenvalue weighted by atomic mass is 35.5. The van der Waals surface area contributed by atoms with Gasteiger partial charge in [-0.25, -0.2) is 13.1 Å². The molecule has 0 atom stereocenters. The number of hydrogen-bond acceptors (Lipinski definition) is 6. The minimum Gasteiger partial charge on any atom is -0.497 e. The molecule has 0 aliphatic heterocycles. The summed E-state index contributed by atoms with van der Waals surface area (Å²) in [7, 11) is -2.50. The molecule has 1 N–H and O–H groups in total. The monoisotopic (exact) mass is 565 g/mol. The zero-order valence-corrected chi connectivity index (χ0v) is 21.7. The summed E-state index contributed by atoms with van der Waals surface area (Å²) in [5.41, 5.74) is 0.295. The fraction of sp³-hybridized carbons (Fsp3) is 0.0833. The largest absolute Gasteiger partial charge is 0.497 e. The van der Waals surface area contributed by atoms with E-state index in [0.717, 1.165) is 0 Å². The Balaban J connectivity index is 1.51. The highest BCUT2D eigenvalue weighted by Gasteiger charge is 2.21. The van der Waals surface area contributed by atoms with Crippen molar-refractivity contribution in [2.24, 2.45) is 0 Å². The van der Waals surface area contributed by atoms with Crippen LogP contribution in [0, 0.1) is 0 Å². The van der Waals surface area contributed by atoms with Gasteiger partial charge in [-0.2, -0.15) is 5.10 Å². The molecule has 1 heterocycles. The predicted octanol–water partition coefficient (Wildman–Crippen LogP) is 5.97. The van der Waals surface area contributed by atoms with Gasteiger partial charge in [0.2, 0.25) is 9.84 Å². The van der Waals surface area contributed by atoms with E-state index in [9.17, 15) is 13.2 Å². The van der Waals surface area contributed by atoms with E-state index < -0.39 is 15.7 Å². The average Bonchev–Trinajstić information content (AvgIpc) is 3.34. The molecule has 0 saturated carbocycles. The average molecular weight is 567 g/mol. The van der Waals surface area contributed by atoms with E-state index in [1.165, 1.54) is 60.3 Å². The number of nitrogens with one attached hydrogen (secondary N) is 1. The molecule has 0 aliphatic rings. The van der Waals surface area contributed by atoms with Crippen LogP contribution in [0.3, 0.4) is 0 Å². The van der Waals surface area contributed by atoms with Crippen molar-refractivity contribution in [1.29, 1.82) is 0 Å². The summed E-state index contributed by atoms with van der Waals surface area (Å²) < 4.78 is 38.4. The van der Waals surface area contributed by atoms with Crippen LogP contribution in [0.1, 0.15) is 10.5 Å². The fourth-order valence-corrected chi connectivity index (χ4v) is 4.94. The molecule has 12 heteroatoms. The lowest BCUT2D eigenvalue weighted by atomic mass is 10.3. The first-order chi connectivity index (χ1) is 17.2. The Labute approximate surface area is 222 Å². The highest BCUT2D eigenvalue weighted by Crippen LogP contribution is 2.32. The lowest BCUT2D eigenvalue weighted by Gasteiger charge is -2.11. The normalized spacial score (nSPS) is 11.2. The Morgan fingerprint density at radius 3 is 2.47 bits per heavy atom. The Morgan fingerprint density at radius 1 is 1.00 bits per heavy atom. The van der Waals surface area contributed by atoms with Crippen molar-refractivity contribution >= 4 is 56.2 Å². The standard InChI is InChI=1S/C24H18Cl3N3O5S/c1-34-17-11-16(12-19(13-17)36(32,33)18-7-5-15(25)6-8-18)28-24(31)21-9-10-30(29-21)14-35-22-4-2-3-20(26)23(22)27/h2-13H,14H2,1H3,(H,28,31). The number of benzene rings is 3. The van der Waals surface area contributed by atoms with Crippen LogP contribution >= 0.6 is 34.8 Å². The third kappa shape index (κ3) is 5.76. The van der Waals surface area contributed by atoms with Crippen molar-refractivity contribution < 1.29 is 22.7 Å². The van der Waals surface area contributed by atoms with Gasteiger partial charge in [0, 0.05) is 23.0 Å². The number of aromatic nitrogens is 2. The molecule has 0 unspecified atom stereocenters. The van der Waals surface area contributed by atoms with Crippen LogP contribution in [-0.2, 0) is 16.6 Å². The minimum atomic E-state index is -3.89. The van der Waals surface area contributed by atoms with Gasteiger partial charge in [0.25, 0.3) is 5.91 Å². The Kier molecular flexibility index (Phi) is 7.75. The van der Waals surface area contributed by atoms with E-state index in [1.807, 2.05) is 0 Å². The molecule has 1 aromatic heterocycles. The van der Waals surface area contributed by atoms with Crippen molar-refractivity contribution in [2.45, 2.75) is 16.5 Å². The molecule has 186 valence electrons. The number of methoxy groups -OCH3 is 1. The number of rotatable bonds is 8. The van der Waals surface area contributed by atoms with Gasteiger partial charge in [-0.05, 0) is 54.6 Å². The number of carbonyl (C=O) groups is 1. The number of halogens is 3. The first-order valence-electron chi connectivity index (χ1n) is 10.3. The summed E-state index contributed by atoms with van der Waals surface area (Å²) in [6, 6.07) is 16.5. The maximum atomic E-state index is 13.1. The molecule has 1 amide bonds. The van der Waals surface area contributed by atoms with Crippen molar-refractivity contribution in [2.75, 3.05) is 12.4 Å². The van der Waals surface area contributed by atoms with E-state index in [1.54, 1.807) is 24.4 Å². The Morgan fingerprint density at radius 2 is 1.75 bits per heavy atom. The number of ether oxygens (including phenoxy) is 2. The molecule has 0 radical (unpaired) electrons. The zero-order chi connectivity index (χ0) is 25.9. The van der Waals surface area contributed by atoms with Gasteiger partial charge >= 0.3 is 0 Å². The molecular formula is C24H18Cl3N3O5S. The highest BCUT2D eigenvalue weighted by molar-refractivity contribution is 7.91. The van der Waals surface area contributed by atoms with Crippen molar-refractivity contribution in [1.82, 2.24) is 9.78 Å². The summed E-state index contributed by atoms with van der Waals surface area (Å²) >= 11 is 18.0. The van der Waals surface area contributed by atoms with Crippen molar-refractivity contribution in [3.63, 3.8) is 0 Å². The van der Waals surface area contributed by atoms with Gasteiger partial charge in [0.1, 0.15) is 16.5 Å². The van der Waals surface area contributed by atoms with E-state index in [4.69, 9.17) is 44.3 Å². The molecule has 0 spiro atoms. The number of hydrogen-bond donors (Lipinski definition) is 1. The van der Waals surface area contributed by atoms with Crippen LogP contribution in [0.25, 0.3) is 0 Å². The van der Waals surface area contributed by atoms with E-state index >= 15 is 0 Å². The molecule has 4 aromatic rings. The van der Waals surface area contributed by atoms with E-state index in [0.29, 0.717) is 15.8 Å². The second kappa shape index (κ2) is 10.8. The molecule has 3 aromatic carbocycles. The number of sulfone groups is 1. The minimum absolute atomic E-state index is 0.0179. The topological polar surface area (TPSA) is 99.5 Å². The summed E-state index contributed by atoms with van der Waals surface area (Å²) in [5, 5.41) is 7.87. The van der Waals surface area contributed by atoms with Gasteiger partial charge in [-0.1, -0.05) is 40.9 Å². The van der Waals surface area contributed by atoms with Gasteiger partial charge in [-0.15, -0.1) is 0 Å². The SMILES string of the molecule is COc1cc(NC(=O)c2ccn(COc3cccc(Cl)c3Cl)n2)cc(S(=O)(=O)c2ccc(Cl)cc2)c1. The molecular weight excluding hydrogens is 549 g/mol. The Hall–Kier alpha value is -3.24. The quantitative estimate of drug-likeness (QED) is 0.282. The van der Waals surface area contributed by atoms with Gasteiger partial charge in [0.05, 0.1) is 21.9 Å². The van der Waals surface area contributed by atoms with Gasteiger partial charge in [-0.3, -0.25) is 4.79 Å². The number of anilines is 1. The first-order valence-corrected chi connectivity index (χ1v) is 12.9. The van der Waals surface area contributed by atoms with Crippen molar-refractivity contribution in [3.05, 3.63) is 93.7 Å². The smallest absolute Gasteiger partial charge is 0.276 e. The maximum absolute atomic E-state index is 13.1. The number of carbonyl (C=O) groups excluding carboxylic acids is 1. The molecule has 0 bridgehead atoms. The summed E-state index contributed by atoms with van der Waals surface area (Å²) in [6.07, 6.45) is 1.55. The lowest BCUT2D eigenvalue weighted by Crippen LogP contribution is -2.15. The first kappa shape index (κ1) is 25.8. The molecule has 8 nitrogen and oxygen atoms in total. The fourth-order valence-electron chi connectivity index (χ4n) is 3.15. The molecule has 0 aliphatic carbocycles. The van der Waals surface area contributed by atoms with E-state index in [2.05, 4.69) is 10.4 Å². The number of nitrogens with zero attached hydrogens (tertiary/aromatic N) is 2. The van der Waals surface area contributed by atoms with Crippen molar-refractivity contribution in [3.8, 4) is 11.5 Å². The maximum Gasteiger partial charge on any atom is 0.276 e. The van der Waals surface area contributed by atoms with Crippen LogP contribution < -0.4 is 14.8 Å². The van der Waals surface area contributed by atoms with E-state index in [-0.39, 0.29) is 38.7 Å². The van der Waals surface area contributed by atoms with Crippen LogP contribution in [0.15, 0.2) is 82.7 Å². The summed E-state index contributed by atoms with van der Waals surface area (Å²) in [4.78, 5) is 12.8. The third-order valence-corrected chi connectivity index (χ3v) is 7.75. The van der Waals surface area contributed by atoms with Crippen LogP contribution in [-0.4, -0.2) is 31.2 Å². The van der Waals surface area contributed by atoms with Crippen LogP contribution in [0.2, 0.25) is 15.1 Å². The summed E-state index contributed by atoms with van der Waals surface area (Å²) in [6.45, 7) is -0.0179. The lowest BCUT2D eigenvalue weighted by molar-refractivity contribution is 0.102. The summed E-state index contributed by atoms with van der Waals surface area (Å²) in [5.74, 6) is 0.0618. The number of amides is 1. The second-order valence-corrected chi connectivity index (χ2v) is 10.5.